The first kappa shape index (κ1) is 15.6. The first-order valence-electron chi connectivity index (χ1n) is 7.82. The van der Waals surface area contributed by atoms with E-state index in [0.717, 1.165) is 44.5 Å². The van der Waals surface area contributed by atoms with E-state index >= 15 is 0 Å². The molecule has 1 saturated heterocycles. The monoisotopic (exact) mass is 292 g/mol. The molecule has 1 aliphatic heterocycles. The minimum atomic E-state index is 0.0357. The number of furan rings is 1. The number of carbonyl (C=O) groups excluding carboxylic acids is 2. The second kappa shape index (κ2) is 8.49. The lowest BCUT2D eigenvalue weighted by Gasteiger charge is -2.20. The van der Waals surface area contributed by atoms with Crippen LogP contribution in [0, 0.1) is 0 Å². The molecule has 0 unspecified atom stereocenters. The summed E-state index contributed by atoms with van der Waals surface area (Å²) in [7, 11) is 0. The Hall–Kier alpha value is -1.78. The summed E-state index contributed by atoms with van der Waals surface area (Å²) in [4.78, 5) is 25.4. The van der Waals surface area contributed by atoms with E-state index in [1.54, 1.807) is 6.26 Å². The number of aryl methyl sites for hydroxylation is 1. The highest BCUT2D eigenvalue weighted by molar-refractivity contribution is 5.76. The van der Waals surface area contributed by atoms with Crippen molar-refractivity contribution in [2.24, 2.45) is 0 Å². The number of hydrogen-bond donors (Lipinski definition) is 1. The number of hydrogen-bond acceptors (Lipinski definition) is 3. The van der Waals surface area contributed by atoms with E-state index < -0.39 is 0 Å². The summed E-state index contributed by atoms with van der Waals surface area (Å²) in [5, 5.41) is 2.90. The molecule has 1 aromatic heterocycles. The van der Waals surface area contributed by atoms with Crippen LogP contribution in [0.4, 0.5) is 0 Å². The van der Waals surface area contributed by atoms with Crippen LogP contribution in [0.2, 0.25) is 0 Å². The van der Waals surface area contributed by atoms with Crippen molar-refractivity contribution in [1.82, 2.24) is 10.2 Å². The smallest absolute Gasteiger partial charge is 0.222 e. The number of rotatable bonds is 7. The quantitative estimate of drug-likeness (QED) is 0.783. The van der Waals surface area contributed by atoms with Crippen LogP contribution in [0.15, 0.2) is 22.8 Å². The fourth-order valence-electron chi connectivity index (χ4n) is 2.55. The van der Waals surface area contributed by atoms with Gasteiger partial charge in [-0.1, -0.05) is 6.42 Å². The summed E-state index contributed by atoms with van der Waals surface area (Å²) in [6.45, 7) is 2.24. The fourth-order valence-corrected chi connectivity index (χ4v) is 2.55. The molecule has 5 heteroatoms. The van der Waals surface area contributed by atoms with Crippen LogP contribution in [-0.4, -0.2) is 36.3 Å². The SMILES string of the molecule is O=C(CCc1ccco1)NCCCN1CCCCCC1=O. The van der Waals surface area contributed by atoms with Crippen LogP contribution in [0.5, 0.6) is 0 Å². The summed E-state index contributed by atoms with van der Waals surface area (Å²) >= 11 is 0. The molecule has 1 aliphatic rings. The van der Waals surface area contributed by atoms with Crippen molar-refractivity contribution in [2.75, 3.05) is 19.6 Å². The van der Waals surface area contributed by atoms with Gasteiger partial charge >= 0.3 is 0 Å². The van der Waals surface area contributed by atoms with Gasteiger partial charge in [0.2, 0.25) is 11.8 Å². The highest BCUT2D eigenvalue weighted by atomic mass is 16.3. The van der Waals surface area contributed by atoms with Gasteiger partial charge in [0, 0.05) is 38.9 Å². The molecule has 0 radical (unpaired) electrons. The minimum Gasteiger partial charge on any atom is -0.469 e. The van der Waals surface area contributed by atoms with Crippen molar-refractivity contribution in [3.8, 4) is 0 Å². The largest absolute Gasteiger partial charge is 0.469 e. The second-order valence-electron chi connectivity index (χ2n) is 5.47. The van der Waals surface area contributed by atoms with Crippen molar-refractivity contribution in [3.63, 3.8) is 0 Å². The van der Waals surface area contributed by atoms with E-state index in [2.05, 4.69) is 5.32 Å². The summed E-state index contributed by atoms with van der Waals surface area (Å²) in [6.07, 6.45) is 7.44. The van der Waals surface area contributed by atoms with Gasteiger partial charge in [-0.3, -0.25) is 9.59 Å². The van der Waals surface area contributed by atoms with Crippen LogP contribution in [0.3, 0.4) is 0 Å². The number of nitrogens with one attached hydrogen (secondary N) is 1. The zero-order valence-electron chi connectivity index (χ0n) is 12.5. The highest BCUT2D eigenvalue weighted by Crippen LogP contribution is 2.11. The van der Waals surface area contributed by atoms with Crippen LogP contribution in [-0.2, 0) is 16.0 Å². The predicted octanol–water partition coefficient (Wildman–Crippen LogP) is 2.12. The molecular weight excluding hydrogens is 268 g/mol. The summed E-state index contributed by atoms with van der Waals surface area (Å²) in [5.74, 6) is 1.13. The molecule has 0 aliphatic carbocycles. The van der Waals surface area contributed by atoms with E-state index in [-0.39, 0.29) is 11.8 Å². The first-order chi connectivity index (χ1) is 10.3. The van der Waals surface area contributed by atoms with E-state index in [9.17, 15) is 9.59 Å². The van der Waals surface area contributed by atoms with Gasteiger partial charge in [0.15, 0.2) is 0 Å². The molecule has 5 nitrogen and oxygen atoms in total. The van der Waals surface area contributed by atoms with Gasteiger partial charge in [0.25, 0.3) is 0 Å². The van der Waals surface area contributed by atoms with Crippen LogP contribution in [0.25, 0.3) is 0 Å². The number of carbonyl (C=O) groups is 2. The molecule has 0 spiro atoms. The number of likely N-dealkylation sites (tertiary alicyclic amines) is 1. The van der Waals surface area contributed by atoms with E-state index in [0.29, 0.717) is 25.8 Å². The average molecular weight is 292 g/mol. The Morgan fingerprint density at radius 3 is 3.05 bits per heavy atom. The average Bonchev–Trinajstić information content (AvgIpc) is 2.92. The standard InChI is InChI=1S/C16H24N2O3/c19-15(9-8-14-6-4-13-21-14)17-10-5-12-18-11-3-1-2-7-16(18)20/h4,6,13H,1-3,5,7-12H2,(H,17,19). The van der Waals surface area contributed by atoms with Crippen LogP contribution in [0.1, 0.15) is 44.3 Å². The number of nitrogens with zero attached hydrogens (tertiary/aromatic N) is 1. The Morgan fingerprint density at radius 1 is 1.33 bits per heavy atom. The molecule has 116 valence electrons. The molecule has 0 aromatic carbocycles. The van der Waals surface area contributed by atoms with Gasteiger partial charge in [0.1, 0.15) is 5.76 Å². The normalized spacial score (nSPS) is 15.8. The van der Waals surface area contributed by atoms with Gasteiger partial charge in [-0.05, 0) is 31.4 Å². The van der Waals surface area contributed by atoms with Crippen molar-refractivity contribution in [1.29, 1.82) is 0 Å². The Kier molecular flexibility index (Phi) is 6.31. The maximum Gasteiger partial charge on any atom is 0.222 e. The van der Waals surface area contributed by atoms with Gasteiger partial charge in [0.05, 0.1) is 6.26 Å². The van der Waals surface area contributed by atoms with E-state index in [1.807, 2.05) is 17.0 Å². The van der Waals surface area contributed by atoms with Crippen molar-refractivity contribution < 1.29 is 14.0 Å². The first-order valence-corrected chi connectivity index (χ1v) is 7.82. The fraction of sp³-hybridized carbons (Fsp3) is 0.625. The molecule has 1 aromatic rings. The third-order valence-electron chi connectivity index (χ3n) is 3.78. The zero-order valence-corrected chi connectivity index (χ0v) is 12.5. The van der Waals surface area contributed by atoms with E-state index in [1.165, 1.54) is 0 Å². The second-order valence-corrected chi connectivity index (χ2v) is 5.47. The molecule has 2 amide bonds. The Bertz CT molecular complexity index is 442. The molecule has 0 atom stereocenters. The number of amides is 2. The molecule has 1 fully saturated rings. The zero-order chi connectivity index (χ0) is 14.9. The lowest BCUT2D eigenvalue weighted by molar-refractivity contribution is -0.130. The predicted molar refractivity (Wildman–Crippen MR) is 79.7 cm³/mol. The third kappa shape index (κ3) is 5.61. The van der Waals surface area contributed by atoms with Gasteiger partial charge in [-0.25, -0.2) is 0 Å². The Labute approximate surface area is 125 Å². The lowest BCUT2D eigenvalue weighted by Crippen LogP contribution is -2.34. The Morgan fingerprint density at radius 2 is 2.24 bits per heavy atom. The third-order valence-corrected chi connectivity index (χ3v) is 3.78. The topological polar surface area (TPSA) is 62.6 Å². The molecule has 0 bridgehead atoms. The summed E-state index contributed by atoms with van der Waals surface area (Å²) < 4.78 is 5.19. The van der Waals surface area contributed by atoms with Crippen molar-refractivity contribution in [3.05, 3.63) is 24.2 Å². The molecule has 1 N–H and O–H groups in total. The lowest BCUT2D eigenvalue weighted by atomic mass is 10.2. The van der Waals surface area contributed by atoms with Crippen LogP contribution < -0.4 is 5.32 Å². The van der Waals surface area contributed by atoms with Gasteiger partial charge in [-0.15, -0.1) is 0 Å². The molecule has 0 saturated carbocycles. The molecule has 2 heterocycles. The Balaban J connectivity index is 1.56. The minimum absolute atomic E-state index is 0.0357. The van der Waals surface area contributed by atoms with E-state index in [4.69, 9.17) is 4.42 Å². The maximum absolute atomic E-state index is 11.8. The molecule has 21 heavy (non-hydrogen) atoms. The van der Waals surface area contributed by atoms with Gasteiger partial charge in [-0.2, -0.15) is 0 Å². The summed E-state index contributed by atoms with van der Waals surface area (Å²) in [6, 6.07) is 3.70. The summed E-state index contributed by atoms with van der Waals surface area (Å²) in [5.41, 5.74) is 0. The van der Waals surface area contributed by atoms with Crippen molar-refractivity contribution in [2.45, 2.75) is 44.9 Å². The highest BCUT2D eigenvalue weighted by Gasteiger charge is 2.15. The van der Waals surface area contributed by atoms with Gasteiger partial charge < -0.3 is 14.6 Å². The van der Waals surface area contributed by atoms with Crippen molar-refractivity contribution >= 4 is 11.8 Å². The maximum atomic E-state index is 11.8. The van der Waals surface area contributed by atoms with Crippen LogP contribution >= 0.6 is 0 Å². The molecule has 2 rings (SSSR count). The molecular formula is C16H24N2O3.